The van der Waals surface area contributed by atoms with Crippen LogP contribution in [0, 0.1) is 0 Å². The Morgan fingerprint density at radius 2 is 1.86 bits per heavy atom. The van der Waals surface area contributed by atoms with Crippen LogP contribution in [-0.4, -0.2) is 21.1 Å². The summed E-state index contributed by atoms with van der Waals surface area (Å²) in [7, 11) is -3.47. The van der Waals surface area contributed by atoms with Gasteiger partial charge in [-0.15, -0.1) is 0 Å². The third-order valence-corrected chi connectivity index (χ3v) is 5.28. The van der Waals surface area contributed by atoms with Crippen LogP contribution in [0.5, 0.6) is 5.75 Å². The Morgan fingerprint density at radius 3 is 2.68 bits per heavy atom. The fourth-order valence-electron chi connectivity index (χ4n) is 2.52. The molecule has 0 bridgehead atoms. The quantitative estimate of drug-likeness (QED) is 0.933. The smallest absolute Gasteiger partial charge is 0.216 e. The van der Waals surface area contributed by atoms with Crippen LogP contribution < -0.4 is 9.46 Å². The lowest BCUT2D eigenvalue weighted by atomic mass is 10.0. The maximum atomic E-state index is 12.3. The highest BCUT2D eigenvalue weighted by Crippen LogP contribution is 2.24. The van der Waals surface area contributed by atoms with Crippen molar-refractivity contribution in [2.75, 3.05) is 6.61 Å². The van der Waals surface area contributed by atoms with Crippen molar-refractivity contribution in [3.05, 3.63) is 64.7 Å². The number of sulfonamides is 1. The number of hydrogen-bond acceptors (Lipinski definition) is 3. The van der Waals surface area contributed by atoms with Gasteiger partial charge in [-0.3, -0.25) is 0 Å². The summed E-state index contributed by atoms with van der Waals surface area (Å²) in [5.41, 5.74) is 1.60. The van der Waals surface area contributed by atoms with E-state index in [-0.39, 0.29) is 11.8 Å². The van der Waals surface area contributed by atoms with E-state index < -0.39 is 10.0 Å². The molecule has 1 heterocycles. The predicted octanol–water partition coefficient (Wildman–Crippen LogP) is 2.76. The summed E-state index contributed by atoms with van der Waals surface area (Å²) in [6.07, 6.45) is 0.623. The van der Waals surface area contributed by atoms with Crippen LogP contribution in [-0.2, 0) is 22.2 Å². The Morgan fingerprint density at radius 1 is 1.14 bits per heavy atom. The van der Waals surface area contributed by atoms with Crippen LogP contribution in [0.15, 0.2) is 48.5 Å². The molecule has 0 amide bonds. The Balaban J connectivity index is 1.69. The van der Waals surface area contributed by atoms with E-state index in [4.69, 9.17) is 16.3 Å². The van der Waals surface area contributed by atoms with Gasteiger partial charge in [0, 0.05) is 5.02 Å². The van der Waals surface area contributed by atoms with Crippen molar-refractivity contribution in [2.45, 2.75) is 18.2 Å². The predicted molar refractivity (Wildman–Crippen MR) is 86.6 cm³/mol. The lowest BCUT2D eigenvalue weighted by molar-refractivity contribution is 0.254. The lowest BCUT2D eigenvalue weighted by Gasteiger charge is -2.25. The van der Waals surface area contributed by atoms with E-state index >= 15 is 0 Å². The molecule has 1 aliphatic heterocycles. The summed E-state index contributed by atoms with van der Waals surface area (Å²) in [6, 6.07) is 14.4. The van der Waals surface area contributed by atoms with Crippen LogP contribution in [0.25, 0.3) is 0 Å². The summed E-state index contributed by atoms with van der Waals surface area (Å²) in [6.45, 7) is 0.332. The Labute approximate surface area is 135 Å². The van der Waals surface area contributed by atoms with Gasteiger partial charge in [0.25, 0.3) is 0 Å². The van der Waals surface area contributed by atoms with Gasteiger partial charge in [-0.1, -0.05) is 48.0 Å². The number of ether oxygens (including phenoxy) is 1. The third-order valence-electron chi connectivity index (χ3n) is 3.53. The minimum atomic E-state index is -3.47. The number of fused-ring (bicyclic) bond motifs is 1. The minimum absolute atomic E-state index is 0.134. The van der Waals surface area contributed by atoms with Crippen molar-refractivity contribution in [3.8, 4) is 5.75 Å². The molecule has 0 fully saturated rings. The molecule has 0 aromatic heterocycles. The van der Waals surface area contributed by atoms with Crippen molar-refractivity contribution >= 4 is 21.6 Å². The second-order valence-electron chi connectivity index (χ2n) is 5.29. The van der Waals surface area contributed by atoms with E-state index in [9.17, 15) is 8.42 Å². The SMILES string of the molecule is O=S(=O)(Cc1ccccc1Cl)NC1COc2ccccc2C1. The fourth-order valence-corrected chi connectivity index (χ4v) is 4.21. The maximum Gasteiger partial charge on any atom is 0.216 e. The molecular weight excluding hydrogens is 322 g/mol. The second-order valence-corrected chi connectivity index (χ2v) is 7.45. The van der Waals surface area contributed by atoms with Crippen LogP contribution >= 0.6 is 11.6 Å². The average Bonchev–Trinajstić information content (AvgIpc) is 2.49. The van der Waals surface area contributed by atoms with Crippen LogP contribution in [0.1, 0.15) is 11.1 Å². The van der Waals surface area contributed by atoms with Gasteiger partial charge in [-0.25, -0.2) is 13.1 Å². The average molecular weight is 338 g/mol. The van der Waals surface area contributed by atoms with Gasteiger partial charge in [0.15, 0.2) is 0 Å². The van der Waals surface area contributed by atoms with E-state index in [1.165, 1.54) is 0 Å². The first kappa shape index (κ1) is 15.3. The van der Waals surface area contributed by atoms with Gasteiger partial charge in [0.2, 0.25) is 10.0 Å². The fraction of sp³-hybridized carbons (Fsp3) is 0.250. The Bertz CT molecular complexity index is 776. The first-order valence-corrected chi connectivity index (χ1v) is 9.01. The summed E-state index contributed by atoms with van der Waals surface area (Å²) >= 11 is 6.02. The van der Waals surface area contributed by atoms with E-state index in [0.717, 1.165) is 11.3 Å². The number of rotatable bonds is 4. The van der Waals surface area contributed by atoms with Gasteiger partial charge in [0.1, 0.15) is 12.4 Å². The number of benzene rings is 2. The van der Waals surface area contributed by atoms with Gasteiger partial charge in [0.05, 0.1) is 11.8 Å². The van der Waals surface area contributed by atoms with E-state index in [0.29, 0.717) is 23.6 Å². The summed E-state index contributed by atoms with van der Waals surface area (Å²) in [5, 5.41) is 0.457. The van der Waals surface area contributed by atoms with Gasteiger partial charge in [-0.05, 0) is 29.7 Å². The highest BCUT2D eigenvalue weighted by molar-refractivity contribution is 7.88. The molecule has 1 aliphatic rings. The molecule has 0 spiro atoms. The number of para-hydroxylation sites is 1. The molecule has 1 unspecified atom stereocenters. The zero-order chi connectivity index (χ0) is 15.6. The van der Waals surface area contributed by atoms with E-state index in [1.54, 1.807) is 24.3 Å². The summed E-state index contributed by atoms with van der Waals surface area (Å²) in [4.78, 5) is 0. The molecule has 0 saturated heterocycles. The highest BCUT2D eigenvalue weighted by Gasteiger charge is 2.24. The van der Waals surface area contributed by atoms with Crippen molar-refractivity contribution in [3.63, 3.8) is 0 Å². The molecule has 0 aliphatic carbocycles. The Hall–Kier alpha value is -1.56. The van der Waals surface area contributed by atoms with Gasteiger partial charge in [-0.2, -0.15) is 0 Å². The zero-order valence-corrected chi connectivity index (χ0v) is 13.4. The first-order chi connectivity index (χ1) is 10.5. The number of nitrogens with one attached hydrogen (secondary N) is 1. The monoisotopic (exact) mass is 337 g/mol. The normalized spacial score (nSPS) is 17.6. The van der Waals surface area contributed by atoms with E-state index in [1.807, 2.05) is 24.3 Å². The standard InChI is InChI=1S/C16H16ClNO3S/c17-15-7-3-1-6-13(15)11-22(19,20)18-14-9-12-5-2-4-8-16(12)21-10-14/h1-8,14,18H,9-11H2. The lowest BCUT2D eigenvalue weighted by Crippen LogP contribution is -2.43. The van der Waals surface area contributed by atoms with Crippen LogP contribution in [0.4, 0.5) is 0 Å². The topological polar surface area (TPSA) is 55.4 Å². The second kappa shape index (κ2) is 6.28. The zero-order valence-electron chi connectivity index (χ0n) is 11.8. The molecule has 2 aromatic carbocycles. The Kier molecular flexibility index (Phi) is 4.38. The molecule has 3 rings (SSSR count). The first-order valence-electron chi connectivity index (χ1n) is 6.97. The molecule has 6 heteroatoms. The molecule has 22 heavy (non-hydrogen) atoms. The van der Waals surface area contributed by atoms with Crippen molar-refractivity contribution in [1.29, 1.82) is 0 Å². The molecule has 0 radical (unpaired) electrons. The number of hydrogen-bond donors (Lipinski definition) is 1. The molecule has 4 nitrogen and oxygen atoms in total. The van der Waals surface area contributed by atoms with Crippen LogP contribution in [0.3, 0.4) is 0 Å². The number of halogens is 1. The molecule has 1 N–H and O–H groups in total. The largest absolute Gasteiger partial charge is 0.492 e. The minimum Gasteiger partial charge on any atom is -0.492 e. The molecule has 1 atom stereocenters. The molecule has 0 saturated carbocycles. The summed E-state index contributed by atoms with van der Waals surface area (Å²) in [5.74, 6) is 0.689. The van der Waals surface area contributed by atoms with E-state index in [2.05, 4.69) is 4.72 Å². The molecule has 116 valence electrons. The molecular formula is C16H16ClNO3S. The summed E-state index contributed by atoms with van der Waals surface area (Å²) < 4.78 is 32.9. The third kappa shape index (κ3) is 3.61. The highest BCUT2D eigenvalue weighted by atomic mass is 35.5. The van der Waals surface area contributed by atoms with Crippen LogP contribution in [0.2, 0.25) is 5.02 Å². The van der Waals surface area contributed by atoms with Crippen molar-refractivity contribution in [2.24, 2.45) is 0 Å². The van der Waals surface area contributed by atoms with Gasteiger partial charge < -0.3 is 4.74 Å². The van der Waals surface area contributed by atoms with Crippen molar-refractivity contribution in [1.82, 2.24) is 4.72 Å². The molecule has 2 aromatic rings. The maximum absolute atomic E-state index is 12.3. The van der Waals surface area contributed by atoms with Crippen molar-refractivity contribution < 1.29 is 13.2 Å². The van der Waals surface area contributed by atoms with Gasteiger partial charge >= 0.3 is 0 Å².